The van der Waals surface area contributed by atoms with Gasteiger partial charge in [0.25, 0.3) is 0 Å². The molecule has 2 aromatic carbocycles. The summed E-state index contributed by atoms with van der Waals surface area (Å²) >= 11 is 0. The molecule has 26 heavy (non-hydrogen) atoms. The van der Waals surface area contributed by atoms with Crippen molar-refractivity contribution in [1.29, 1.82) is 0 Å². The van der Waals surface area contributed by atoms with Crippen molar-refractivity contribution in [2.75, 3.05) is 7.11 Å². The molecule has 134 valence electrons. The van der Waals surface area contributed by atoms with E-state index in [-0.39, 0.29) is 24.7 Å². The highest BCUT2D eigenvalue weighted by atomic mass is 19.1. The fourth-order valence-electron chi connectivity index (χ4n) is 2.55. The molecule has 3 aromatic rings. The van der Waals surface area contributed by atoms with Crippen molar-refractivity contribution in [1.82, 2.24) is 14.3 Å². The molecule has 1 heterocycles. The van der Waals surface area contributed by atoms with Crippen LogP contribution >= 0.6 is 0 Å². The van der Waals surface area contributed by atoms with Crippen LogP contribution in [0.4, 0.5) is 4.39 Å². The number of ether oxygens (including phenoxy) is 1. The lowest BCUT2D eigenvalue weighted by atomic mass is 10.1. The normalized spacial score (nSPS) is 10.7. The van der Waals surface area contributed by atoms with Gasteiger partial charge in [0.05, 0.1) is 19.2 Å². The average Bonchev–Trinajstić information content (AvgIpc) is 2.91. The van der Waals surface area contributed by atoms with Crippen LogP contribution in [0.25, 0.3) is 11.4 Å². The molecule has 3 rings (SSSR count). The number of aromatic hydroxyl groups is 1. The molecule has 0 saturated heterocycles. The number of phenols is 1. The van der Waals surface area contributed by atoms with Crippen LogP contribution in [-0.2, 0) is 22.6 Å². The number of rotatable bonds is 5. The first-order valence-corrected chi connectivity index (χ1v) is 7.77. The smallest absolute Gasteiger partial charge is 0.347 e. The number of phenolic OH excluding ortho intramolecular Hbond substituents is 1. The van der Waals surface area contributed by atoms with Crippen molar-refractivity contribution in [3.63, 3.8) is 0 Å². The lowest BCUT2D eigenvalue weighted by Gasteiger charge is -2.07. The molecule has 7 nitrogen and oxygen atoms in total. The molecule has 0 aliphatic heterocycles. The van der Waals surface area contributed by atoms with Gasteiger partial charge in [-0.2, -0.15) is 0 Å². The van der Waals surface area contributed by atoms with Crippen LogP contribution < -0.4 is 5.69 Å². The molecule has 0 aliphatic rings. The second-order valence-corrected chi connectivity index (χ2v) is 5.57. The number of carbonyl (C=O) groups is 1. The molecule has 0 unspecified atom stereocenters. The molecule has 0 atom stereocenters. The number of hydrogen-bond donors (Lipinski definition) is 1. The van der Waals surface area contributed by atoms with E-state index in [1.54, 1.807) is 24.3 Å². The monoisotopic (exact) mass is 357 g/mol. The van der Waals surface area contributed by atoms with Gasteiger partial charge in [0.15, 0.2) is 5.82 Å². The zero-order valence-corrected chi connectivity index (χ0v) is 13.9. The summed E-state index contributed by atoms with van der Waals surface area (Å²) in [5.41, 5.74) is 0.295. The predicted octanol–water partition coefficient (Wildman–Crippen LogP) is 1.78. The molecule has 0 saturated carbocycles. The number of para-hydroxylation sites is 1. The van der Waals surface area contributed by atoms with Crippen LogP contribution in [0.3, 0.4) is 0 Å². The van der Waals surface area contributed by atoms with Gasteiger partial charge in [0.1, 0.15) is 18.1 Å². The third-order valence-electron chi connectivity index (χ3n) is 3.80. The number of benzene rings is 2. The topological polar surface area (TPSA) is 86.3 Å². The largest absolute Gasteiger partial charge is 0.507 e. The van der Waals surface area contributed by atoms with E-state index in [0.717, 1.165) is 4.68 Å². The van der Waals surface area contributed by atoms with Crippen LogP contribution in [0.5, 0.6) is 5.75 Å². The molecule has 1 N–H and O–H groups in total. The van der Waals surface area contributed by atoms with E-state index in [1.807, 2.05) is 0 Å². The van der Waals surface area contributed by atoms with Gasteiger partial charge in [-0.1, -0.05) is 24.3 Å². The lowest BCUT2D eigenvalue weighted by molar-refractivity contribution is -0.141. The van der Waals surface area contributed by atoms with Crippen LogP contribution in [0.15, 0.2) is 53.3 Å². The molecule has 0 amide bonds. The molecule has 0 aliphatic carbocycles. The van der Waals surface area contributed by atoms with E-state index in [9.17, 15) is 19.1 Å². The molecular weight excluding hydrogens is 341 g/mol. The number of esters is 1. The van der Waals surface area contributed by atoms with Crippen molar-refractivity contribution in [3.8, 4) is 17.1 Å². The summed E-state index contributed by atoms with van der Waals surface area (Å²) in [6.07, 6.45) is 0. The van der Waals surface area contributed by atoms with E-state index in [2.05, 4.69) is 9.84 Å². The Morgan fingerprint density at radius 2 is 2.00 bits per heavy atom. The van der Waals surface area contributed by atoms with Gasteiger partial charge in [0.2, 0.25) is 0 Å². The van der Waals surface area contributed by atoms with Crippen LogP contribution in [-0.4, -0.2) is 32.5 Å². The molecule has 1 aromatic heterocycles. The van der Waals surface area contributed by atoms with Crippen LogP contribution in [0.2, 0.25) is 0 Å². The minimum absolute atomic E-state index is 0.0292. The Balaban J connectivity index is 2.12. The molecule has 0 bridgehead atoms. The van der Waals surface area contributed by atoms with Crippen molar-refractivity contribution in [2.24, 2.45) is 0 Å². The zero-order chi connectivity index (χ0) is 18.7. The predicted molar refractivity (Wildman–Crippen MR) is 91.1 cm³/mol. The summed E-state index contributed by atoms with van der Waals surface area (Å²) in [6.45, 7) is -0.340. The van der Waals surface area contributed by atoms with Crippen molar-refractivity contribution in [3.05, 3.63) is 70.4 Å². The van der Waals surface area contributed by atoms with Crippen molar-refractivity contribution in [2.45, 2.75) is 13.1 Å². The number of halogens is 1. The first kappa shape index (κ1) is 17.4. The van der Waals surface area contributed by atoms with Gasteiger partial charge in [-0.05, 0) is 29.8 Å². The van der Waals surface area contributed by atoms with Gasteiger partial charge in [-0.3, -0.25) is 9.36 Å². The first-order valence-electron chi connectivity index (χ1n) is 7.77. The summed E-state index contributed by atoms with van der Waals surface area (Å²) < 4.78 is 20.3. The highest BCUT2D eigenvalue weighted by Gasteiger charge is 2.19. The Morgan fingerprint density at radius 1 is 1.23 bits per heavy atom. The first-order chi connectivity index (χ1) is 12.5. The van der Waals surface area contributed by atoms with Crippen molar-refractivity contribution < 1.29 is 19.0 Å². The highest BCUT2D eigenvalue weighted by Crippen LogP contribution is 2.26. The van der Waals surface area contributed by atoms with E-state index in [0.29, 0.717) is 11.1 Å². The van der Waals surface area contributed by atoms with Crippen LogP contribution in [0, 0.1) is 5.82 Å². The highest BCUT2D eigenvalue weighted by molar-refractivity contribution is 5.69. The molecule has 0 fully saturated rings. The summed E-state index contributed by atoms with van der Waals surface area (Å²) in [4.78, 5) is 24.2. The number of nitrogens with zero attached hydrogens (tertiary/aromatic N) is 3. The zero-order valence-electron chi connectivity index (χ0n) is 13.9. The average molecular weight is 357 g/mol. The number of methoxy groups -OCH3 is 1. The number of aromatic nitrogens is 3. The van der Waals surface area contributed by atoms with Gasteiger partial charge in [-0.15, -0.1) is 5.10 Å². The maximum Gasteiger partial charge on any atom is 0.347 e. The fourth-order valence-corrected chi connectivity index (χ4v) is 2.55. The lowest BCUT2D eigenvalue weighted by Crippen LogP contribution is -2.28. The van der Waals surface area contributed by atoms with E-state index >= 15 is 0 Å². The summed E-state index contributed by atoms with van der Waals surface area (Å²) in [7, 11) is 1.21. The summed E-state index contributed by atoms with van der Waals surface area (Å²) in [6, 6.07) is 12.2. The third-order valence-corrected chi connectivity index (χ3v) is 3.80. The SMILES string of the molecule is COC(=O)Cn1nc(-c2ccccc2O)n(Cc2cccc(F)c2)c1=O. The minimum atomic E-state index is -0.633. The Bertz CT molecular complexity index is 1010. The molecule has 8 heteroatoms. The summed E-state index contributed by atoms with van der Waals surface area (Å²) in [5, 5.41) is 14.3. The quantitative estimate of drug-likeness (QED) is 0.704. The Morgan fingerprint density at radius 3 is 2.69 bits per heavy atom. The Labute approximate surface area is 147 Å². The third kappa shape index (κ3) is 3.49. The maximum absolute atomic E-state index is 13.5. The number of hydrogen-bond acceptors (Lipinski definition) is 5. The van der Waals surface area contributed by atoms with Gasteiger partial charge < -0.3 is 9.84 Å². The second kappa shape index (κ2) is 7.22. The Hall–Kier alpha value is -3.42. The fraction of sp³-hybridized carbons (Fsp3) is 0.167. The van der Waals surface area contributed by atoms with Gasteiger partial charge in [0, 0.05) is 0 Å². The number of carbonyl (C=O) groups excluding carboxylic acids is 1. The second-order valence-electron chi connectivity index (χ2n) is 5.57. The van der Waals surface area contributed by atoms with Crippen molar-refractivity contribution >= 4 is 5.97 Å². The minimum Gasteiger partial charge on any atom is -0.507 e. The van der Waals surface area contributed by atoms with E-state index < -0.39 is 17.5 Å². The van der Waals surface area contributed by atoms with E-state index in [4.69, 9.17) is 0 Å². The van der Waals surface area contributed by atoms with Gasteiger partial charge in [-0.25, -0.2) is 13.9 Å². The molecule has 0 spiro atoms. The maximum atomic E-state index is 13.5. The molecule has 0 radical (unpaired) electrons. The molecular formula is C18H16FN3O4. The van der Waals surface area contributed by atoms with Gasteiger partial charge >= 0.3 is 11.7 Å². The van der Waals surface area contributed by atoms with Crippen LogP contribution in [0.1, 0.15) is 5.56 Å². The summed E-state index contributed by atoms with van der Waals surface area (Å²) in [5.74, 6) is -0.961. The standard InChI is InChI=1S/C18H16FN3O4/c1-26-16(24)11-22-18(25)21(10-12-5-4-6-13(19)9-12)17(20-22)14-7-2-3-8-15(14)23/h2-9,23H,10-11H2,1H3. The Kier molecular flexibility index (Phi) is 4.83. The van der Waals surface area contributed by atoms with E-state index in [1.165, 1.54) is 35.9 Å².